The van der Waals surface area contributed by atoms with Crippen molar-refractivity contribution in [1.29, 1.82) is 0 Å². The molecule has 2 rings (SSSR count). The van der Waals surface area contributed by atoms with Crippen molar-refractivity contribution in [2.75, 3.05) is 0 Å². The summed E-state index contributed by atoms with van der Waals surface area (Å²) in [6, 6.07) is 8.26. The number of aromatic carboxylic acids is 1. The third-order valence-corrected chi connectivity index (χ3v) is 2.24. The van der Waals surface area contributed by atoms with Crippen molar-refractivity contribution < 1.29 is 9.90 Å². The highest BCUT2D eigenvalue weighted by Gasteiger charge is 2.09. The van der Waals surface area contributed by atoms with Gasteiger partial charge in [-0.05, 0) is 19.1 Å². The molecule has 0 fully saturated rings. The minimum absolute atomic E-state index is 0.120. The summed E-state index contributed by atoms with van der Waals surface area (Å²) in [4.78, 5) is 22.2. The molecule has 0 radical (unpaired) electrons. The number of carboxylic acids is 1. The summed E-state index contributed by atoms with van der Waals surface area (Å²) in [6.45, 7) is 1.93. The van der Waals surface area contributed by atoms with Crippen molar-refractivity contribution in [3.05, 3.63) is 51.9 Å². The van der Waals surface area contributed by atoms with Gasteiger partial charge in [0.15, 0.2) is 0 Å². The number of benzene rings is 1. The highest BCUT2D eigenvalue weighted by atomic mass is 16.4. The zero-order chi connectivity index (χ0) is 11.7. The molecule has 0 saturated carbocycles. The quantitative estimate of drug-likeness (QED) is 0.794. The van der Waals surface area contributed by atoms with Gasteiger partial charge in [0, 0.05) is 6.07 Å². The molecule has 1 aromatic carbocycles. The Bertz CT molecular complexity index is 578. The van der Waals surface area contributed by atoms with Crippen molar-refractivity contribution in [3.8, 4) is 5.69 Å². The van der Waals surface area contributed by atoms with Crippen LogP contribution in [0.1, 0.15) is 16.1 Å². The largest absolute Gasteiger partial charge is 0.477 e. The SMILES string of the molecule is Cc1ccc(-n2[nH]c(C(=O)O)cc2=O)cc1. The van der Waals surface area contributed by atoms with E-state index in [4.69, 9.17) is 5.11 Å². The van der Waals surface area contributed by atoms with E-state index in [0.29, 0.717) is 5.69 Å². The molecule has 0 aliphatic carbocycles. The normalized spacial score (nSPS) is 10.3. The molecule has 0 atom stereocenters. The molecule has 0 saturated heterocycles. The van der Waals surface area contributed by atoms with Gasteiger partial charge in [-0.1, -0.05) is 17.7 Å². The fourth-order valence-electron chi connectivity index (χ4n) is 1.39. The molecular weight excluding hydrogens is 208 g/mol. The summed E-state index contributed by atoms with van der Waals surface area (Å²) in [6.07, 6.45) is 0. The number of aromatic nitrogens is 2. The summed E-state index contributed by atoms with van der Waals surface area (Å²) in [5.41, 5.74) is 1.18. The molecule has 0 amide bonds. The monoisotopic (exact) mass is 218 g/mol. The third kappa shape index (κ3) is 1.75. The molecule has 5 nitrogen and oxygen atoms in total. The number of carbonyl (C=O) groups is 1. The van der Waals surface area contributed by atoms with E-state index >= 15 is 0 Å². The van der Waals surface area contributed by atoms with Crippen molar-refractivity contribution >= 4 is 5.97 Å². The van der Waals surface area contributed by atoms with Crippen LogP contribution in [0.3, 0.4) is 0 Å². The first kappa shape index (κ1) is 10.2. The summed E-state index contributed by atoms with van der Waals surface area (Å²) in [7, 11) is 0. The van der Waals surface area contributed by atoms with E-state index in [9.17, 15) is 9.59 Å². The van der Waals surface area contributed by atoms with Crippen molar-refractivity contribution in [1.82, 2.24) is 9.78 Å². The second-order valence-corrected chi connectivity index (χ2v) is 3.48. The van der Waals surface area contributed by atoms with E-state index in [1.54, 1.807) is 12.1 Å². The lowest BCUT2D eigenvalue weighted by Gasteiger charge is -2.01. The average Bonchev–Trinajstić information content (AvgIpc) is 2.62. The second-order valence-electron chi connectivity index (χ2n) is 3.48. The van der Waals surface area contributed by atoms with E-state index in [2.05, 4.69) is 5.10 Å². The molecule has 2 aromatic rings. The van der Waals surface area contributed by atoms with Crippen molar-refractivity contribution in [3.63, 3.8) is 0 Å². The summed E-state index contributed by atoms with van der Waals surface area (Å²) >= 11 is 0. The van der Waals surface area contributed by atoms with E-state index in [1.165, 1.54) is 4.68 Å². The van der Waals surface area contributed by atoms with Gasteiger partial charge < -0.3 is 5.11 Å². The van der Waals surface area contributed by atoms with E-state index in [1.807, 2.05) is 19.1 Å². The third-order valence-electron chi connectivity index (χ3n) is 2.24. The first-order valence-electron chi connectivity index (χ1n) is 4.70. The summed E-state index contributed by atoms with van der Waals surface area (Å²) < 4.78 is 1.20. The molecule has 0 bridgehead atoms. The predicted molar refractivity (Wildman–Crippen MR) is 58.1 cm³/mol. The van der Waals surface area contributed by atoms with Gasteiger partial charge in [-0.2, -0.15) is 0 Å². The van der Waals surface area contributed by atoms with Crippen LogP contribution in [-0.4, -0.2) is 20.9 Å². The van der Waals surface area contributed by atoms with E-state index in [-0.39, 0.29) is 11.3 Å². The molecule has 0 aliphatic heterocycles. The molecule has 1 aromatic heterocycles. The van der Waals surface area contributed by atoms with Crippen molar-refractivity contribution in [2.24, 2.45) is 0 Å². The fourth-order valence-corrected chi connectivity index (χ4v) is 1.39. The first-order valence-corrected chi connectivity index (χ1v) is 4.70. The lowest BCUT2D eigenvalue weighted by molar-refractivity contribution is 0.0690. The smallest absolute Gasteiger partial charge is 0.353 e. The van der Waals surface area contributed by atoms with E-state index in [0.717, 1.165) is 11.6 Å². The second kappa shape index (κ2) is 3.69. The number of nitrogens with one attached hydrogen (secondary N) is 1. The Kier molecular flexibility index (Phi) is 2.36. The highest BCUT2D eigenvalue weighted by molar-refractivity contribution is 5.85. The maximum atomic E-state index is 11.5. The number of aryl methyl sites for hydroxylation is 1. The molecule has 1 heterocycles. The van der Waals surface area contributed by atoms with Crippen LogP contribution in [0.25, 0.3) is 5.69 Å². The molecule has 5 heteroatoms. The van der Waals surface area contributed by atoms with Crippen LogP contribution < -0.4 is 5.56 Å². The van der Waals surface area contributed by atoms with Crippen molar-refractivity contribution in [2.45, 2.75) is 6.92 Å². The Labute approximate surface area is 90.9 Å². The maximum Gasteiger partial charge on any atom is 0.353 e. The van der Waals surface area contributed by atoms with Gasteiger partial charge in [-0.3, -0.25) is 9.89 Å². The standard InChI is InChI=1S/C11H10N2O3/c1-7-2-4-8(5-3-7)13-10(14)6-9(12-13)11(15)16/h2-6,12H,1H3,(H,15,16). The summed E-state index contributed by atoms with van der Waals surface area (Å²) in [5, 5.41) is 11.3. The number of aromatic amines is 1. The maximum absolute atomic E-state index is 11.5. The zero-order valence-electron chi connectivity index (χ0n) is 8.60. The zero-order valence-corrected chi connectivity index (χ0v) is 8.60. The topological polar surface area (TPSA) is 75.1 Å². The molecule has 16 heavy (non-hydrogen) atoms. The van der Waals surface area contributed by atoms with Crippen LogP contribution in [0.2, 0.25) is 0 Å². The Morgan fingerprint density at radius 1 is 1.31 bits per heavy atom. The Morgan fingerprint density at radius 3 is 2.44 bits per heavy atom. The van der Waals surface area contributed by atoms with Gasteiger partial charge in [-0.25, -0.2) is 9.48 Å². The Balaban J connectivity index is 2.52. The summed E-state index contributed by atoms with van der Waals surface area (Å²) in [5.74, 6) is -1.15. The van der Waals surface area contributed by atoms with Gasteiger partial charge in [0.05, 0.1) is 5.69 Å². The van der Waals surface area contributed by atoms with Gasteiger partial charge in [-0.15, -0.1) is 0 Å². The van der Waals surface area contributed by atoms with Gasteiger partial charge in [0.1, 0.15) is 5.69 Å². The molecule has 82 valence electrons. The lowest BCUT2D eigenvalue weighted by Crippen LogP contribution is -2.13. The van der Waals surface area contributed by atoms with Crippen LogP contribution in [0.5, 0.6) is 0 Å². The highest BCUT2D eigenvalue weighted by Crippen LogP contribution is 2.06. The predicted octanol–water partition coefficient (Wildman–Crippen LogP) is 1.17. The number of nitrogens with zero attached hydrogens (tertiary/aromatic N) is 1. The van der Waals surface area contributed by atoms with Gasteiger partial charge in [0.25, 0.3) is 5.56 Å². The van der Waals surface area contributed by atoms with Crippen LogP contribution in [0, 0.1) is 6.92 Å². The van der Waals surface area contributed by atoms with Crippen LogP contribution in [-0.2, 0) is 0 Å². The minimum atomic E-state index is -1.15. The van der Waals surface area contributed by atoms with Gasteiger partial charge in [0.2, 0.25) is 0 Å². The number of carboxylic acid groups (broad SMARTS) is 1. The van der Waals surface area contributed by atoms with Crippen LogP contribution in [0.4, 0.5) is 0 Å². The van der Waals surface area contributed by atoms with Crippen LogP contribution >= 0.6 is 0 Å². The molecule has 2 N–H and O–H groups in total. The number of H-pyrrole nitrogens is 1. The number of hydrogen-bond donors (Lipinski definition) is 2. The number of hydrogen-bond acceptors (Lipinski definition) is 2. The molecule has 0 aliphatic rings. The molecular formula is C11H10N2O3. The first-order chi connectivity index (χ1) is 7.58. The van der Waals surface area contributed by atoms with Gasteiger partial charge >= 0.3 is 5.97 Å². The Morgan fingerprint density at radius 2 is 1.94 bits per heavy atom. The van der Waals surface area contributed by atoms with E-state index < -0.39 is 5.97 Å². The Hall–Kier alpha value is -2.30. The average molecular weight is 218 g/mol. The minimum Gasteiger partial charge on any atom is -0.477 e. The molecule has 0 unspecified atom stereocenters. The molecule has 0 spiro atoms. The fraction of sp³-hybridized carbons (Fsp3) is 0.0909. The van der Waals surface area contributed by atoms with Crippen LogP contribution in [0.15, 0.2) is 35.1 Å². The number of rotatable bonds is 2. The lowest BCUT2D eigenvalue weighted by atomic mass is 10.2.